The van der Waals surface area contributed by atoms with E-state index in [0.29, 0.717) is 6.54 Å². The Morgan fingerprint density at radius 2 is 2.37 bits per heavy atom. The number of carbonyl (C=O) groups excluding carboxylic acids is 1. The van der Waals surface area contributed by atoms with Crippen LogP contribution in [0, 0.1) is 10.5 Å². The van der Waals surface area contributed by atoms with Crippen LogP contribution in [0.4, 0.5) is 5.69 Å². The molecular weight excluding hydrogens is 355 g/mol. The van der Waals surface area contributed by atoms with Gasteiger partial charge in [-0.25, -0.2) is 0 Å². The lowest BCUT2D eigenvalue weighted by Gasteiger charge is -2.22. The van der Waals surface area contributed by atoms with Crippen molar-refractivity contribution in [1.29, 1.82) is 0 Å². The minimum absolute atomic E-state index is 0.00958. The fourth-order valence-electron chi connectivity index (χ4n) is 2.45. The summed E-state index contributed by atoms with van der Waals surface area (Å²) in [6, 6.07) is 6.10. The molecule has 0 radical (unpaired) electrons. The van der Waals surface area contributed by atoms with Crippen molar-refractivity contribution in [3.05, 3.63) is 27.3 Å². The lowest BCUT2D eigenvalue weighted by molar-refractivity contribution is -0.117. The van der Waals surface area contributed by atoms with E-state index in [2.05, 4.69) is 32.8 Å². The van der Waals surface area contributed by atoms with Crippen LogP contribution < -0.4 is 5.32 Å². The maximum atomic E-state index is 12.0. The Hall–Kier alpha value is -0.660. The minimum Gasteiger partial charge on any atom is -0.395 e. The minimum atomic E-state index is -0.00958. The summed E-state index contributed by atoms with van der Waals surface area (Å²) in [7, 11) is 0. The number of amides is 1. The summed E-state index contributed by atoms with van der Waals surface area (Å²) in [4.78, 5) is 14.1. The number of benzene rings is 1. The van der Waals surface area contributed by atoms with Gasteiger partial charge in [0.25, 0.3) is 0 Å². The quantitative estimate of drug-likeness (QED) is 0.793. The van der Waals surface area contributed by atoms with Crippen molar-refractivity contribution in [2.24, 2.45) is 0 Å². The molecule has 4 nitrogen and oxygen atoms in total. The fourth-order valence-corrected chi connectivity index (χ4v) is 3.10. The number of nitrogens with zero attached hydrogens (tertiary/aromatic N) is 1. The molecule has 0 unspecified atom stereocenters. The molecule has 1 heterocycles. The molecule has 2 N–H and O–H groups in total. The first kappa shape index (κ1) is 14.7. The van der Waals surface area contributed by atoms with Crippen LogP contribution in [0.2, 0.25) is 0 Å². The monoisotopic (exact) mass is 374 g/mol. The third-order valence-electron chi connectivity index (χ3n) is 3.52. The van der Waals surface area contributed by atoms with Gasteiger partial charge >= 0.3 is 0 Å². The van der Waals surface area contributed by atoms with Crippen molar-refractivity contribution < 1.29 is 9.90 Å². The summed E-state index contributed by atoms with van der Waals surface area (Å²) < 4.78 is 1.16. The smallest absolute Gasteiger partial charge is 0.238 e. The third-order valence-corrected chi connectivity index (χ3v) is 4.19. The van der Waals surface area contributed by atoms with Crippen LogP contribution in [0.5, 0.6) is 0 Å². The highest BCUT2D eigenvalue weighted by Crippen LogP contribution is 2.19. The Morgan fingerprint density at radius 3 is 3.05 bits per heavy atom. The molecule has 1 fully saturated rings. The summed E-state index contributed by atoms with van der Waals surface area (Å²) in [5.74, 6) is -0.00958. The van der Waals surface area contributed by atoms with Gasteiger partial charge in [0.05, 0.1) is 13.2 Å². The number of aliphatic hydroxyl groups is 1. The van der Waals surface area contributed by atoms with Crippen molar-refractivity contribution in [2.45, 2.75) is 25.8 Å². The third kappa shape index (κ3) is 3.90. The average molecular weight is 374 g/mol. The SMILES string of the molecule is Cc1cc(I)ccc1NC(=O)CN1CCC[C@@H]1CO. The van der Waals surface area contributed by atoms with E-state index >= 15 is 0 Å². The van der Waals surface area contributed by atoms with E-state index in [1.54, 1.807) is 0 Å². The molecule has 1 aliphatic rings. The number of carbonyl (C=O) groups is 1. The topological polar surface area (TPSA) is 52.6 Å². The molecule has 0 aliphatic carbocycles. The molecule has 0 spiro atoms. The van der Waals surface area contributed by atoms with Gasteiger partial charge in [-0.05, 0) is 72.7 Å². The van der Waals surface area contributed by atoms with Gasteiger partial charge in [0, 0.05) is 15.3 Å². The van der Waals surface area contributed by atoms with Crippen molar-refractivity contribution in [3.63, 3.8) is 0 Å². The van der Waals surface area contributed by atoms with Crippen LogP contribution in [-0.2, 0) is 4.79 Å². The first-order valence-corrected chi connectivity index (χ1v) is 7.59. The molecule has 0 aromatic heterocycles. The molecule has 0 saturated carbocycles. The van der Waals surface area contributed by atoms with Gasteiger partial charge in [-0.15, -0.1) is 0 Å². The van der Waals surface area contributed by atoms with Crippen LogP contribution in [0.3, 0.4) is 0 Å². The number of halogens is 1. The summed E-state index contributed by atoms with van der Waals surface area (Å²) in [5, 5.41) is 12.2. The number of anilines is 1. The molecule has 1 aliphatic heterocycles. The van der Waals surface area contributed by atoms with Crippen molar-refractivity contribution in [2.75, 3.05) is 25.0 Å². The number of aryl methyl sites for hydroxylation is 1. The number of nitrogens with one attached hydrogen (secondary N) is 1. The first-order chi connectivity index (χ1) is 9.10. The maximum absolute atomic E-state index is 12.0. The van der Waals surface area contributed by atoms with E-state index in [-0.39, 0.29) is 18.6 Å². The Bertz CT molecular complexity index is 465. The average Bonchev–Trinajstić information content (AvgIpc) is 2.80. The predicted molar refractivity (Wildman–Crippen MR) is 84.2 cm³/mol. The standard InChI is InChI=1S/C14H19IN2O2/c1-10-7-11(15)4-5-13(10)16-14(19)8-17-6-2-3-12(17)9-18/h4-5,7,12,18H,2-3,6,8-9H2,1H3,(H,16,19)/t12-/m1/s1. The van der Waals surface area contributed by atoms with Gasteiger partial charge in [-0.3, -0.25) is 9.69 Å². The normalized spacial score (nSPS) is 19.6. The van der Waals surface area contributed by atoms with Crippen LogP contribution in [0.1, 0.15) is 18.4 Å². The van der Waals surface area contributed by atoms with Crippen LogP contribution in [0.25, 0.3) is 0 Å². The summed E-state index contributed by atoms with van der Waals surface area (Å²) in [6.45, 7) is 3.38. The Kier molecular flexibility index (Phi) is 5.18. The van der Waals surface area contributed by atoms with Crippen LogP contribution in [-0.4, -0.2) is 41.7 Å². The number of likely N-dealkylation sites (tertiary alicyclic amines) is 1. The zero-order chi connectivity index (χ0) is 13.8. The van der Waals surface area contributed by atoms with Gasteiger partial charge in [0.2, 0.25) is 5.91 Å². The summed E-state index contributed by atoms with van der Waals surface area (Å²) in [6.07, 6.45) is 2.04. The number of aliphatic hydroxyl groups excluding tert-OH is 1. The highest BCUT2D eigenvalue weighted by atomic mass is 127. The molecule has 1 atom stereocenters. The lowest BCUT2D eigenvalue weighted by atomic mass is 10.2. The molecule has 0 bridgehead atoms. The van der Waals surface area contributed by atoms with E-state index in [1.807, 2.05) is 25.1 Å². The molecule has 1 saturated heterocycles. The van der Waals surface area contributed by atoms with E-state index < -0.39 is 0 Å². The zero-order valence-corrected chi connectivity index (χ0v) is 13.2. The highest BCUT2D eigenvalue weighted by Gasteiger charge is 2.25. The first-order valence-electron chi connectivity index (χ1n) is 6.51. The van der Waals surface area contributed by atoms with Gasteiger partial charge < -0.3 is 10.4 Å². The second-order valence-corrected chi connectivity index (χ2v) is 6.20. The molecule has 2 rings (SSSR count). The largest absolute Gasteiger partial charge is 0.395 e. The number of rotatable bonds is 4. The zero-order valence-electron chi connectivity index (χ0n) is 11.0. The van der Waals surface area contributed by atoms with Gasteiger partial charge in [0.1, 0.15) is 0 Å². The fraction of sp³-hybridized carbons (Fsp3) is 0.500. The Morgan fingerprint density at radius 1 is 1.58 bits per heavy atom. The molecule has 1 aromatic rings. The molecule has 5 heteroatoms. The van der Waals surface area contributed by atoms with Gasteiger partial charge in [-0.1, -0.05) is 0 Å². The van der Waals surface area contributed by atoms with Crippen molar-refractivity contribution in [1.82, 2.24) is 4.90 Å². The summed E-state index contributed by atoms with van der Waals surface area (Å²) >= 11 is 2.25. The van der Waals surface area contributed by atoms with E-state index in [4.69, 9.17) is 0 Å². The molecule has 19 heavy (non-hydrogen) atoms. The highest BCUT2D eigenvalue weighted by molar-refractivity contribution is 14.1. The number of hydrogen-bond acceptors (Lipinski definition) is 3. The van der Waals surface area contributed by atoms with Crippen molar-refractivity contribution in [3.8, 4) is 0 Å². The van der Waals surface area contributed by atoms with Crippen LogP contribution in [0.15, 0.2) is 18.2 Å². The van der Waals surface area contributed by atoms with Gasteiger partial charge in [0.15, 0.2) is 0 Å². The molecule has 104 valence electrons. The number of hydrogen-bond donors (Lipinski definition) is 2. The summed E-state index contributed by atoms with van der Waals surface area (Å²) in [5.41, 5.74) is 1.94. The molecule has 1 amide bonds. The molecule has 1 aromatic carbocycles. The molecular formula is C14H19IN2O2. The van der Waals surface area contributed by atoms with E-state index in [1.165, 1.54) is 0 Å². The lowest BCUT2D eigenvalue weighted by Crippen LogP contribution is -2.38. The van der Waals surface area contributed by atoms with Crippen molar-refractivity contribution >= 4 is 34.2 Å². The Labute approximate surface area is 127 Å². The van der Waals surface area contributed by atoms with Crippen LogP contribution >= 0.6 is 22.6 Å². The maximum Gasteiger partial charge on any atom is 0.238 e. The second-order valence-electron chi connectivity index (χ2n) is 4.96. The van der Waals surface area contributed by atoms with Gasteiger partial charge in [-0.2, -0.15) is 0 Å². The Balaban J connectivity index is 1.94. The predicted octanol–water partition coefficient (Wildman–Crippen LogP) is 1.99. The van der Waals surface area contributed by atoms with E-state index in [9.17, 15) is 9.90 Å². The van der Waals surface area contributed by atoms with E-state index in [0.717, 1.165) is 34.2 Å². The second kappa shape index (κ2) is 6.67.